The summed E-state index contributed by atoms with van der Waals surface area (Å²) >= 11 is 0. The zero-order chi connectivity index (χ0) is 20.6. The molecule has 1 heterocycles. The highest BCUT2D eigenvalue weighted by Gasteiger charge is 2.47. The second-order valence-corrected chi connectivity index (χ2v) is 8.75. The molecule has 6 heteroatoms. The lowest BCUT2D eigenvalue weighted by Crippen LogP contribution is -2.41. The fourth-order valence-corrected chi connectivity index (χ4v) is 3.20. The molecule has 0 spiro atoms. The van der Waals surface area contributed by atoms with Crippen LogP contribution < -0.4 is 0 Å². The van der Waals surface area contributed by atoms with Crippen LogP contribution in [0.4, 0.5) is 0 Å². The first-order valence-corrected chi connectivity index (χ1v) is 9.95. The Morgan fingerprint density at radius 2 is 1.67 bits per heavy atom. The van der Waals surface area contributed by atoms with Crippen LogP contribution in [0, 0.1) is 23.7 Å². The summed E-state index contributed by atoms with van der Waals surface area (Å²) in [5.41, 5.74) is 0. The van der Waals surface area contributed by atoms with E-state index in [1.54, 1.807) is 6.08 Å². The van der Waals surface area contributed by atoms with Crippen LogP contribution in [0.15, 0.2) is 11.8 Å². The van der Waals surface area contributed by atoms with E-state index in [0.29, 0.717) is 30.6 Å². The number of carbonyl (C=O) groups excluding carboxylic acids is 2. The van der Waals surface area contributed by atoms with E-state index < -0.39 is 18.4 Å². The largest absolute Gasteiger partial charge is 0.457 e. The van der Waals surface area contributed by atoms with Crippen LogP contribution in [0.25, 0.3) is 0 Å². The Morgan fingerprint density at radius 1 is 1.07 bits per heavy atom. The second kappa shape index (κ2) is 10.7. The van der Waals surface area contributed by atoms with Crippen molar-refractivity contribution >= 4 is 11.9 Å². The maximum atomic E-state index is 12.3. The van der Waals surface area contributed by atoms with E-state index in [-0.39, 0.29) is 24.3 Å². The topological polar surface area (TPSA) is 82.1 Å². The summed E-state index contributed by atoms with van der Waals surface area (Å²) in [6, 6.07) is 0. The van der Waals surface area contributed by atoms with E-state index in [4.69, 9.17) is 14.2 Å². The third kappa shape index (κ3) is 8.33. The number of aliphatic hydroxyl groups is 1. The molecule has 1 atom stereocenters. The molecule has 156 valence electrons. The number of rotatable bonds is 11. The van der Waals surface area contributed by atoms with Gasteiger partial charge < -0.3 is 19.3 Å². The lowest BCUT2D eigenvalue weighted by molar-refractivity contribution is -0.211. The summed E-state index contributed by atoms with van der Waals surface area (Å²) in [6.07, 6.45) is 4.51. The Bertz CT molecular complexity index is 513. The minimum Gasteiger partial charge on any atom is -0.457 e. The van der Waals surface area contributed by atoms with E-state index >= 15 is 0 Å². The highest BCUT2D eigenvalue weighted by atomic mass is 16.8. The summed E-state index contributed by atoms with van der Waals surface area (Å²) in [5, 5.41) is 9.64. The summed E-state index contributed by atoms with van der Waals surface area (Å²) in [6.45, 7) is 11.7. The summed E-state index contributed by atoms with van der Waals surface area (Å²) < 4.78 is 16.0. The number of ether oxygens (including phenoxy) is 3. The monoisotopic (exact) mass is 384 g/mol. The number of carbonyl (C=O) groups is 2. The third-order valence-corrected chi connectivity index (χ3v) is 4.31. The Morgan fingerprint density at radius 3 is 2.15 bits per heavy atom. The average molecular weight is 385 g/mol. The number of cyclic esters (lactones) is 1. The molecule has 0 aromatic heterocycles. The van der Waals surface area contributed by atoms with E-state index in [2.05, 4.69) is 27.7 Å². The van der Waals surface area contributed by atoms with Gasteiger partial charge in [0.05, 0.1) is 0 Å². The quantitative estimate of drug-likeness (QED) is 0.431. The number of allylic oxidation sites excluding steroid dienone is 1. The SMILES string of the molecule is CC(C)C/C=C1\OC(CO)(COC(=O)CC(CC(C)C)CC(C)C)OC1=O. The highest BCUT2D eigenvalue weighted by Crippen LogP contribution is 2.29. The van der Waals surface area contributed by atoms with Crippen LogP contribution in [0.3, 0.4) is 0 Å². The molecule has 0 aliphatic carbocycles. The van der Waals surface area contributed by atoms with Crippen LogP contribution in [0.1, 0.15) is 67.2 Å². The van der Waals surface area contributed by atoms with Gasteiger partial charge in [-0.25, -0.2) is 4.79 Å². The van der Waals surface area contributed by atoms with Crippen molar-refractivity contribution in [2.45, 2.75) is 73.0 Å². The number of hydrogen-bond donors (Lipinski definition) is 1. The Labute approximate surface area is 163 Å². The number of hydrogen-bond acceptors (Lipinski definition) is 6. The van der Waals surface area contributed by atoms with E-state index in [0.717, 1.165) is 12.8 Å². The van der Waals surface area contributed by atoms with Crippen molar-refractivity contribution in [3.63, 3.8) is 0 Å². The molecule has 27 heavy (non-hydrogen) atoms. The maximum absolute atomic E-state index is 12.3. The molecule has 1 N–H and O–H groups in total. The van der Waals surface area contributed by atoms with Gasteiger partial charge in [0.2, 0.25) is 5.76 Å². The minimum atomic E-state index is -1.64. The first-order valence-electron chi connectivity index (χ1n) is 9.95. The summed E-state index contributed by atoms with van der Waals surface area (Å²) in [5.74, 6) is -0.985. The fourth-order valence-electron chi connectivity index (χ4n) is 3.20. The second-order valence-electron chi connectivity index (χ2n) is 8.75. The van der Waals surface area contributed by atoms with Crippen molar-refractivity contribution in [1.29, 1.82) is 0 Å². The summed E-state index contributed by atoms with van der Waals surface area (Å²) in [4.78, 5) is 24.3. The van der Waals surface area contributed by atoms with Crippen LogP contribution in [0.5, 0.6) is 0 Å². The van der Waals surface area contributed by atoms with Gasteiger partial charge in [0.1, 0.15) is 6.61 Å². The van der Waals surface area contributed by atoms with E-state index in [1.165, 1.54) is 0 Å². The molecule has 1 aliphatic rings. The first-order chi connectivity index (χ1) is 12.6. The van der Waals surface area contributed by atoms with Gasteiger partial charge in [-0.05, 0) is 49.0 Å². The molecular weight excluding hydrogens is 348 g/mol. The molecule has 1 aliphatic heterocycles. The molecule has 0 aromatic carbocycles. The standard InChI is InChI=1S/C21H36O6/c1-14(2)7-8-18-20(24)27-21(12-22,26-18)13-25-19(23)11-17(9-15(3)4)10-16(5)6/h8,14-17,22H,7,9-13H2,1-6H3/b18-8-. The van der Waals surface area contributed by atoms with Gasteiger partial charge >= 0.3 is 17.7 Å². The van der Waals surface area contributed by atoms with Gasteiger partial charge in [-0.15, -0.1) is 0 Å². The average Bonchev–Trinajstić information content (AvgIpc) is 2.86. The number of esters is 2. The van der Waals surface area contributed by atoms with Crippen molar-refractivity contribution in [1.82, 2.24) is 0 Å². The van der Waals surface area contributed by atoms with Crippen molar-refractivity contribution < 1.29 is 28.9 Å². The van der Waals surface area contributed by atoms with Crippen LogP contribution in [0.2, 0.25) is 0 Å². The molecule has 0 radical (unpaired) electrons. The molecule has 0 bridgehead atoms. The number of aliphatic hydroxyl groups excluding tert-OH is 1. The molecule has 0 aromatic rings. The normalized spacial score (nSPS) is 21.4. The van der Waals surface area contributed by atoms with Gasteiger partial charge in [0, 0.05) is 6.42 Å². The molecule has 0 saturated carbocycles. The molecule has 1 unspecified atom stereocenters. The van der Waals surface area contributed by atoms with Crippen molar-refractivity contribution in [3.8, 4) is 0 Å². The van der Waals surface area contributed by atoms with Crippen LogP contribution in [-0.2, 0) is 23.8 Å². The molecule has 0 amide bonds. The predicted octanol–water partition coefficient (Wildman–Crippen LogP) is 3.82. The molecule has 1 fully saturated rings. The lowest BCUT2D eigenvalue weighted by Gasteiger charge is -2.24. The zero-order valence-corrected chi connectivity index (χ0v) is 17.6. The highest BCUT2D eigenvalue weighted by molar-refractivity contribution is 5.88. The molecule has 1 rings (SSSR count). The Kier molecular flexibility index (Phi) is 9.30. The van der Waals surface area contributed by atoms with Crippen molar-refractivity contribution in [3.05, 3.63) is 11.8 Å². The third-order valence-electron chi connectivity index (χ3n) is 4.31. The first kappa shape index (κ1) is 23.5. The summed E-state index contributed by atoms with van der Waals surface area (Å²) in [7, 11) is 0. The lowest BCUT2D eigenvalue weighted by atomic mass is 9.87. The van der Waals surface area contributed by atoms with Crippen LogP contribution >= 0.6 is 0 Å². The van der Waals surface area contributed by atoms with Gasteiger partial charge in [-0.2, -0.15) is 0 Å². The zero-order valence-electron chi connectivity index (χ0n) is 17.6. The molecule has 1 saturated heterocycles. The van der Waals surface area contributed by atoms with Crippen LogP contribution in [-0.4, -0.2) is 36.0 Å². The van der Waals surface area contributed by atoms with Gasteiger partial charge in [-0.3, -0.25) is 4.79 Å². The predicted molar refractivity (Wildman–Crippen MR) is 103 cm³/mol. The molecule has 6 nitrogen and oxygen atoms in total. The van der Waals surface area contributed by atoms with Gasteiger partial charge in [-0.1, -0.05) is 41.5 Å². The fraction of sp³-hybridized carbons (Fsp3) is 0.810. The minimum absolute atomic E-state index is 0.0614. The Hall–Kier alpha value is -1.56. The maximum Gasteiger partial charge on any atom is 0.376 e. The van der Waals surface area contributed by atoms with E-state index in [1.807, 2.05) is 13.8 Å². The van der Waals surface area contributed by atoms with Crippen molar-refractivity contribution in [2.24, 2.45) is 23.7 Å². The smallest absolute Gasteiger partial charge is 0.376 e. The van der Waals surface area contributed by atoms with Gasteiger partial charge in [0.15, 0.2) is 6.61 Å². The van der Waals surface area contributed by atoms with Crippen molar-refractivity contribution in [2.75, 3.05) is 13.2 Å². The van der Waals surface area contributed by atoms with Gasteiger partial charge in [0.25, 0.3) is 0 Å². The van der Waals surface area contributed by atoms with E-state index in [9.17, 15) is 14.7 Å². The molecular formula is C21H36O6. The Balaban J connectivity index is 2.64.